The van der Waals surface area contributed by atoms with Crippen LogP contribution >= 0.6 is 0 Å². The fourth-order valence-corrected chi connectivity index (χ4v) is 2.31. The van der Waals surface area contributed by atoms with Crippen LogP contribution in [-0.2, 0) is 6.54 Å². The van der Waals surface area contributed by atoms with Crippen LogP contribution in [0, 0.1) is 5.92 Å². The lowest BCUT2D eigenvalue weighted by molar-refractivity contribution is 0.127. The lowest BCUT2D eigenvalue weighted by Gasteiger charge is -2.24. The molecule has 94 valence electrons. The summed E-state index contributed by atoms with van der Waals surface area (Å²) in [7, 11) is 0. The minimum Gasteiger partial charge on any atom is -0.502 e. The summed E-state index contributed by atoms with van der Waals surface area (Å²) in [6.07, 6.45) is 2.10. The van der Waals surface area contributed by atoms with Crippen LogP contribution in [0.3, 0.4) is 0 Å². The molecule has 0 aromatic carbocycles. The van der Waals surface area contributed by atoms with Gasteiger partial charge in [-0.2, -0.15) is 0 Å². The maximum Gasteiger partial charge on any atom is 0.226 e. The molecule has 17 heavy (non-hydrogen) atoms. The Hall–Kier alpha value is -1.33. The quantitative estimate of drug-likeness (QED) is 0.805. The molecule has 0 spiro atoms. The molecule has 0 amide bonds. The van der Waals surface area contributed by atoms with Gasteiger partial charge in [-0.05, 0) is 18.9 Å². The van der Waals surface area contributed by atoms with Crippen LogP contribution in [0.4, 0.5) is 0 Å². The number of aliphatic hydroxyl groups excluding tert-OH is 1. The van der Waals surface area contributed by atoms with E-state index >= 15 is 0 Å². The van der Waals surface area contributed by atoms with E-state index in [1.807, 2.05) is 0 Å². The zero-order valence-electron chi connectivity index (χ0n) is 9.80. The summed E-state index contributed by atoms with van der Waals surface area (Å²) in [5.74, 6) is 0.589. The monoisotopic (exact) mass is 239 g/mol. The molecule has 0 saturated carbocycles. The van der Waals surface area contributed by atoms with E-state index < -0.39 is 5.43 Å². The van der Waals surface area contributed by atoms with E-state index in [1.165, 1.54) is 6.07 Å². The molecule has 2 unspecified atom stereocenters. The van der Waals surface area contributed by atoms with Crippen molar-refractivity contribution in [1.82, 2.24) is 4.90 Å². The van der Waals surface area contributed by atoms with Crippen molar-refractivity contribution in [3.05, 3.63) is 28.3 Å². The van der Waals surface area contributed by atoms with Crippen LogP contribution in [0.5, 0.6) is 5.75 Å². The van der Waals surface area contributed by atoms with E-state index in [4.69, 9.17) is 9.52 Å². The Kier molecular flexibility index (Phi) is 3.49. The standard InChI is InChI=1S/C12H17NO4/c1-8-2-3-13(10(8)6-14)5-9-4-11(15)12(16)7-17-9/h4,7-8,10,14,16H,2-3,5-6H2,1H3. The Morgan fingerprint density at radius 1 is 1.59 bits per heavy atom. The summed E-state index contributed by atoms with van der Waals surface area (Å²) >= 11 is 0. The van der Waals surface area contributed by atoms with E-state index in [2.05, 4.69) is 11.8 Å². The van der Waals surface area contributed by atoms with Gasteiger partial charge >= 0.3 is 0 Å². The first-order chi connectivity index (χ1) is 8.11. The Morgan fingerprint density at radius 3 is 3.00 bits per heavy atom. The molecule has 2 heterocycles. The molecule has 0 bridgehead atoms. The molecule has 2 atom stereocenters. The minimum atomic E-state index is -0.431. The number of rotatable bonds is 3. The first kappa shape index (κ1) is 12.1. The molecule has 1 aliphatic rings. The molecule has 1 aromatic rings. The highest BCUT2D eigenvalue weighted by Crippen LogP contribution is 2.25. The van der Waals surface area contributed by atoms with E-state index in [9.17, 15) is 9.90 Å². The van der Waals surface area contributed by atoms with Crippen molar-refractivity contribution >= 4 is 0 Å². The minimum absolute atomic E-state index is 0.115. The lowest BCUT2D eigenvalue weighted by Crippen LogP contribution is -2.34. The van der Waals surface area contributed by atoms with E-state index in [0.717, 1.165) is 19.2 Å². The number of nitrogens with zero attached hydrogens (tertiary/aromatic N) is 1. The molecular formula is C12H17NO4. The van der Waals surface area contributed by atoms with Crippen molar-refractivity contribution in [2.45, 2.75) is 25.9 Å². The number of hydrogen-bond donors (Lipinski definition) is 2. The Morgan fingerprint density at radius 2 is 2.35 bits per heavy atom. The highest BCUT2D eigenvalue weighted by Gasteiger charge is 2.30. The molecule has 1 saturated heterocycles. The zero-order chi connectivity index (χ0) is 12.4. The molecule has 1 fully saturated rings. The third kappa shape index (κ3) is 2.50. The molecule has 0 radical (unpaired) electrons. The third-order valence-corrected chi connectivity index (χ3v) is 3.41. The normalized spacial score (nSPS) is 25.3. The topological polar surface area (TPSA) is 73.9 Å². The van der Waals surface area contributed by atoms with E-state index in [-0.39, 0.29) is 18.4 Å². The van der Waals surface area contributed by atoms with Gasteiger partial charge in [0.15, 0.2) is 5.75 Å². The first-order valence-corrected chi connectivity index (χ1v) is 5.77. The average Bonchev–Trinajstić information content (AvgIpc) is 2.64. The van der Waals surface area contributed by atoms with Crippen molar-refractivity contribution in [2.24, 2.45) is 5.92 Å². The molecule has 5 heteroatoms. The zero-order valence-corrected chi connectivity index (χ0v) is 9.80. The van der Waals surface area contributed by atoms with Crippen molar-refractivity contribution in [3.8, 4) is 5.75 Å². The van der Waals surface area contributed by atoms with Gasteiger partial charge in [0, 0.05) is 12.1 Å². The number of aromatic hydroxyl groups is 1. The van der Waals surface area contributed by atoms with Gasteiger partial charge in [0.25, 0.3) is 0 Å². The summed E-state index contributed by atoms with van der Waals surface area (Å²) in [5.41, 5.74) is -0.431. The van der Waals surface area contributed by atoms with Crippen molar-refractivity contribution in [1.29, 1.82) is 0 Å². The molecule has 2 N–H and O–H groups in total. The van der Waals surface area contributed by atoms with Gasteiger partial charge in [-0.15, -0.1) is 0 Å². The summed E-state index contributed by atoms with van der Waals surface area (Å²) in [5, 5.41) is 18.4. The fraction of sp³-hybridized carbons (Fsp3) is 0.583. The Bertz CT molecular complexity index is 442. The van der Waals surface area contributed by atoms with Gasteiger partial charge in [0.05, 0.1) is 13.2 Å². The predicted molar refractivity (Wildman–Crippen MR) is 61.7 cm³/mol. The summed E-state index contributed by atoms with van der Waals surface area (Å²) in [6, 6.07) is 1.42. The smallest absolute Gasteiger partial charge is 0.226 e. The summed E-state index contributed by atoms with van der Waals surface area (Å²) in [4.78, 5) is 13.3. The van der Waals surface area contributed by atoms with Gasteiger partial charge < -0.3 is 14.6 Å². The number of likely N-dealkylation sites (tertiary alicyclic amines) is 1. The van der Waals surface area contributed by atoms with Gasteiger partial charge in [-0.25, -0.2) is 0 Å². The maximum absolute atomic E-state index is 11.3. The molecular weight excluding hydrogens is 222 g/mol. The molecule has 2 rings (SSSR count). The summed E-state index contributed by atoms with van der Waals surface area (Å²) < 4.78 is 5.16. The van der Waals surface area contributed by atoms with Crippen molar-refractivity contribution < 1.29 is 14.6 Å². The first-order valence-electron chi connectivity index (χ1n) is 5.77. The van der Waals surface area contributed by atoms with Crippen molar-refractivity contribution in [2.75, 3.05) is 13.2 Å². The second-order valence-corrected chi connectivity index (χ2v) is 4.58. The lowest BCUT2D eigenvalue weighted by atomic mass is 10.0. The van der Waals surface area contributed by atoms with Crippen LogP contribution in [0.2, 0.25) is 0 Å². The Balaban J connectivity index is 2.10. The predicted octanol–water partition coefficient (Wildman–Crippen LogP) is 0.548. The van der Waals surface area contributed by atoms with E-state index in [0.29, 0.717) is 18.2 Å². The van der Waals surface area contributed by atoms with Crippen LogP contribution in [0.15, 0.2) is 21.5 Å². The molecule has 1 aromatic heterocycles. The maximum atomic E-state index is 11.3. The number of hydrogen-bond acceptors (Lipinski definition) is 5. The second kappa shape index (κ2) is 4.89. The average molecular weight is 239 g/mol. The highest BCUT2D eigenvalue weighted by molar-refractivity contribution is 5.15. The summed E-state index contributed by atoms with van der Waals surface area (Å²) in [6.45, 7) is 3.60. The number of aliphatic hydroxyl groups is 1. The van der Waals surface area contributed by atoms with Crippen LogP contribution in [0.25, 0.3) is 0 Å². The van der Waals surface area contributed by atoms with E-state index in [1.54, 1.807) is 0 Å². The van der Waals surface area contributed by atoms with Gasteiger partial charge in [-0.1, -0.05) is 6.92 Å². The second-order valence-electron chi connectivity index (χ2n) is 4.58. The third-order valence-electron chi connectivity index (χ3n) is 3.41. The molecule has 5 nitrogen and oxygen atoms in total. The van der Waals surface area contributed by atoms with Gasteiger partial charge in [-0.3, -0.25) is 9.69 Å². The molecule has 0 aliphatic carbocycles. The largest absolute Gasteiger partial charge is 0.502 e. The van der Waals surface area contributed by atoms with Gasteiger partial charge in [0.2, 0.25) is 5.43 Å². The van der Waals surface area contributed by atoms with Crippen LogP contribution < -0.4 is 5.43 Å². The molecule has 1 aliphatic heterocycles. The van der Waals surface area contributed by atoms with Gasteiger partial charge in [0.1, 0.15) is 12.0 Å². The van der Waals surface area contributed by atoms with Crippen molar-refractivity contribution in [3.63, 3.8) is 0 Å². The SMILES string of the molecule is CC1CCN(Cc2cc(=O)c(O)co2)C1CO. The van der Waals surface area contributed by atoms with Crippen LogP contribution in [-0.4, -0.2) is 34.3 Å². The fourth-order valence-electron chi connectivity index (χ4n) is 2.31. The van der Waals surface area contributed by atoms with Crippen LogP contribution in [0.1, 0.15) is 19.1 Å². The highest BCUT2D eigenvalue weighted by atomic mass is 16.4. The Labute approximate surface area is 99.3 Å².